The van der Waals surface area contributed by atoms with Gasteiger partial charge in [-0.1, -0.05) is 23.7 Å². The van der Waals surface area contributed by atoms with E-state index in [2.05, 4.69) is 10.6 Å². The van der Waals surface area contributed by atoms with Gasteiger partial charge < -0.3 is 15.4 Å². The number of benzene rings is 2. The first-order chi connectivity index (χ1) is 12.9. The van der Waals surface area contributed by atoms with Crippen molar-refractivity contribution in [3.63, 3.8) is 0 Å². The summed E-state index contributed by atoms with van der Waals surface area (Å²) in [5.41, 5.74) is 1.04. The molecule has 0 bridgehead atoms. The zero-order chi connectivity index (χ0) is 19.8. The molecule has 0 aromatic heterocycles. The highest BCUT2D eigenvalue weighted by Gasteiger charge is 2.16. The zero-order valence-electron chi connectivity index (χ0n) is 14.5. The lowest BCUT2D eigenvalue weighted by Crippen LogP contribution is -2.28. The number of non-ortho nitro benzene ring substituents is 1. The van der Waals surface area contributed by atoms with Crippen molar-refractivity contribution in [3.8, 4) is 0 Å². The molecule has 0 aliphatic heterocycles. The molecule has 0 atom stereocenters. The van der Waals surface area contributed by atoms with Crippen LogP contribution in [0.25, 0.3) is 0 Å². The summed E-state index contributed by atoms with van der Waals surface area (Å²) in [5.74, 6) is -0.694. The molecule has 0 heterocycles. The van der Waals surface area contributed by atoms with Crippen LogP contribution in [0.5, 0.6) is 0 Å². The number of nitro benzene ring substituents is 1. The van der Waals surface area contributed by atoms with E-state index in [-0.39, 0.29) is 28.6 Å². The number of nitrogens with zero attached hydrogens (tertiary/aromatic N) is 1. The molecular formula is C18H18ClN3O5. The van der Waals surface area contributed by atoms with Gasteiger partial charge in [-0.25, -0.2) is 0 Å². The van der Waals surface area contributed by atoms with E-state index in [1.54, 1.807) is 31.4 Å². The van der Waals surface area contributed by atoms with Gasteiger partial charge in [0, 0.05) is 31.5 Å². The van der Waals surface area contributed by atoms with Crippen molar-refractivity contribution in [1.29, 1.82) is 0 Å². The molecule has 0 saturated carbocycles. The fourth-order valence-corrected chi connectivity index (χ4v) is 2.45. The Balaban J connectivity index is 2.00. The van der Waals surface area contributed by atoms with Gasteiger partial charge in [-0.3, -0.25) is 19.7 Å². The quantitative estimate of drug-likeness (QED) is 0.408. The van der Waals surface area contributed by atoms with Crippen LogP contribution in [0.4, 0.5) is 11.4 Å². The SMILES string of the molecule is COCCNC(=O)Cc1ccc(NC(=O)c2cc([N+](=O)[O-])ccc2Cl)cc1. The van der Waals surface area contributed by atoms with Crippen molar-refractivity contribution in [1.82, 2.24) is 5.32 Å². The molecule has 2 aromatic rings. The number of nitrogens with one attached hydrogen (secondary N) is 2. The van der Waals surface area contributed by atoms with Gasteiger partial charge in [0.05, 0.1) is 28.5 Å². The summed E-state index contributed by atoms with van der Waals surface area (Å²) in [6.07, 6.45) is 0.203. The predicted molar refractivity (Wildman–Crippen MR) is 101 cm³/mol. The standard InChI is InChI=1S/C18H18ClN3O5/c1-27-9-8-20-17(23)10-12-2-4-13(5-3-12)21-18(24)15-11-14(22(25)26)6-7-16(15)19/h2-7,11H,8-10H2,1H3,(H,20,23)(H,21,24). The first-order valence-corrected chi connectivity index (χ1v) is 8.38. The number of methoxy groups -OCH3 is 1. The minimum absolute atomic E-state index is 0.00691. The largest absolute Gasteiger partial charge is 0.383 e. The highest BCUT2D eigenvalue weighted by molar-refractivity contribution is 6.34. The summed E-state index contributed by atoms with van der Waals surface area (Å²) in [4.78, 5) is 34.3. The van der Waals surface area contributed by atoms with Crippen molar-refractivity contribution < 1.29 is 19.2 Å². The zero-order valence-corrected chi connectivity index (χ0v) is 15.3. The van der Waals surface area contributed by atoms with Crippen LogP contribution in [-0.2, 0) is 16.0 Å². The molecule has 0 fully saturated rings. The normalized spacial score (nSPS) is 10.3. The third-order valence-electron chi connectivity index (χ3n) is 3.61. The van der Waals surface area contributed by atoms with E-state index in [0.29, 0.717) is 18.8 Å². The summed E-state index contributed by atoms with van der Waals surface area (Å²) in [7, 11) is 1.56. The van der Waals surface area contributed by atoms with Crippen molar-refractivity contribution in [2.75, 3.05) is 25.6 Å². The molecule has 0 saturated heterocycles. The topological polar surface area (TPSA) is 111 Å². The van der Waals surface area contributed by atoms with Crippen LogP contribution in [0.1, 0.15) is 15.9 Å². The second-order valence-electron chi connectivity index (χ2n) is 5.59. The van der Waals surface area contributed by atoms with E-state index in [4.69, 9.17) is 16.3 Å². The second kappa shape index (κ2) is 9.65. The Morgan fingerprint density at radius 3 is 2.52 bits per heavy atom. The van der Waals surface area contributed by atoms with Gasteiger partial charge in [0.15, 0.2) is 0 Å². The molecule has 8 nitrogen and oxygen atoms in total. The second-order valence-corrected chi connectivity index (χ2v) is 6.00. The Bertz CT molecular complexity index is 839. The van der Waals surface area contributed by atoms with Crippen LogP contribution >= 0.6 is 11.6 Å². The molecule has 0 spiro atoms. The van der Waals surface area contributed by atoms with Crippen LogP contribution in [-0.4, -0.2) is 37.0 Å². The lowest BCUT2D eigenvalue weighted by Gasteiger charge is -2.08. The van der Waals surface area contributed by atoms with Crippen LogP contribution < -0.4 is 10.6 Å². The minimum Gasteiger partial charge on any atom is -0.383 e. The molecule has 142 valence electrons. The van der Waals surface area contributed by atoms with Gasteiger partial charge in [0.1, 0.15) is 0 Å². The fraction of sp³-hybridized carbons (Fsp3) is 0.222. The molecule has 2 aromatic carbocycles. The van der Waals surface area contributed by atoms with E-state index in [1.165, 1.54) is 12.1 Å². The Hall–Kier alpha value is -2.97. The number of hydrogen-bond donors (Lipinski definition) is 2. The number of hydrogen-bond acceptors (Lipinski definition) is 5. The monoisotopic (exact) mass is 391 g/mol. The molecule has 0 unspecified atom stereocenters. The molecule has 27 heavy (non-hydrogen) atoms. The maximum absolute atomic E-state index is 12.3. The maximum Gasteiger partial charge on any atom is 0.270 e. The van der Waals surface area contributed by atoms with Crippen molar-refractivity contribution in [2.24, 2.45) is 0 Å². The van der Waals surface area contributed by atoms with Crippen LogP contribution in [0, 0.1) is 10.1 Å². The van der Waals surface area contributed by atoms with Crippen LogP contribution in [0.2, 0.25) is 5.02 Å². The first-order valence-electron chi connectivity index (χ1n) is 8.00. The number of halogens is 1. The highest BCUT2D eigenvalue weighted by Crippen LogP contribution is 2.23. The minimum atomic E-state index is -0.598. The van der Waals surface area contributed by atoms with Crippen molar-refractivity contribution >= 4 is 34.8 Å². The number of carbonyl (C=O) groups is 2. The molecule has 9 heteroatoms. The molecule has 0 aliphatic rings. The third kappa shape index (κ3) is 6.05. The fourth-order valence-electron chi connectivity index (χ4n) is 2.25. The molecule has 0 radical (unpaired) electrons. The Morgan fingerprint density at radius 2 is 1.89 bits per heavy atom. The van der Waals surface area contributed by atoms with E-state index < -0.39 is 10.8 Å². The van der Waals surface area contributed by atoms with Gasteiger partial charge in [-0.15, -0.1) is 0 Å². The van der Waals surface area contributed by atoms with Crippen LogP contribution in [0.15, 0.2) is 42.5 Å². The predicted octanol–water partition coefficient (Wildman–Crippen LogP) is 2.81. The molecule has 2 N–H and O–H groups in total. The van der Waals surface area contributed by atoms with Gasteiger partial charge in [0.2, 0.25) is 5.91 Å². The van der Waals surface area contributed by atoms with Crippen molar-refractivity contribution in [3.05, 3.63) is 68.7 Å². The van der Waals surface area contributed by atoms with E-state index in [0.717, 1.165) is 11.6 Å². The third-order valence-corrected chi connectivity index (χ3v) is 3.94. The van der Waals surface area contributed by atoms with Crippen LogP contribution in [0.3, 0.4) is 0 Å². The Morgan fingerprint density at radius 1 is 1.19 bits per heavy atom. The molecule has 2 amide bonds. The Labute approximate surface area is 160 Å². The lowest BCUT2D eigenvalue weighted by atomic mass is 10.1. The number of carbonyl (C=O) groups excluding carboxylic acids is 2. The summed E-state index contributed by atoms with van der Waals surface area (Å²) >= 11 is 5.96. The maximum atomic E-state index is 12.3. The highest BCUT2D eigenvalue weighted by atomic mass is 35.5. The average molecular weight is 392 g/mol. The summed E-state index contributed by atoms with van der Waals surface area (Å²) in [6.45, 7) is 0.879. The van der Waals surface area contributed by atoms with Gasteiger partial charge in [0.25, 0.3) is 11.6 Å². The summed E-state index contributed by atoms with van der Waals surface area (Å²) < 4.78 is 4.86. The van der Waals surface area contributed by atoms with E-state index in [1.807, 2.05) is 0 Å². The smallest absolute Gasteiger partial charge is 0.270 e. The number of amides is 2. The molecule has 0 aliphatic carbocycles. The number of rotatable bonds is 8. The summed E-state index contributed by atoms with van der Waals surface area (Å²) in [5, 5.41) is 16.3. The number of anilines is 1. The van der Waals surface area contributed by atoms with Gasteiger partial charge >= 0.3 is 0 Å². The lowest BCUT2D eigenvalue weighted by molar-refractivity contribution is -0.384. The van der Waals surface area contributed by atoms with E-state index >= 15 is 0 Å². The first kappa shape index (κ1) is 20.3. The van der Waals surface area contributed by atoms with Crippen molar-refractivity contribution in [2.45, 2.75) is 6.42 Å². The average Bonchev–Trinajstić information content (AvgIpc) is 2.63. The Kier molecular flexibility index (Phi) is 7.27. The number of nitro groups is 1. The van der Waals surface area contributed by atoms with Gasteiger partial charge in [-0.2, -0.15) is 0 Å². The molecular weight excluding hydrogens is 374 g/mol. The number of ether oxygens (including phenoxy) is 1. The summed E-state index contributed by atoms with van der Waals surface area (Å²) in [6, 6.07) is 10.4. The van der Waals surface area contributed by atoms with Gasteiger partial charge in [-0.05, 0) is 23.8 Å². The molecule has 2 rings (SSSR count). The van der Waals surface area contributed by atoms with E-state index in [9.17, 15) is 19.7 Å².